The fourth-order valence-corrected chi connectivity index (χ4v) is 3.53. The zero-order valence-corrected chi connectivity index (χ0v) is 17.9. The number of ether oxygens (including phenoxy) is 2. The molecule has 1 aromatic heterocycles. The smallest absolute Gasteiger partial charge is 0.173 e. The van der Waals surface area contributed by atoms with Gasteiger partial charge in [-0.1, -0.05) is 6.07 Å². The van der Waals surface area contributed by atoms with Crippen molar-refractivity contribution < 1.29 is 9.47 Å². The third kappa shape index (κ3) is 7.27. The number of rotatable bonds is 9. The quantitative estimate of drug-likeness (QED) is 0.631. The van der Waals surface area contributed by atoms with Gasteiger partial charge in [-0.2, -0.15) is 0 Å². The molecule has 1 N–H and O–H groups in total. The molecule has 0 unspecified atom stereocenters. The SMILES string of the molecule is CCOc1ccc(NC(=S)N(CCCN2CCOCC2)Cc2ccccn2)cc1. The van der Waals surface area contributed by atoms with E-state index >= 15 is 0 Å². The van der Waals surface area contributed by atoms with Gasteiger partial charge in [0.1, 0.15) is 5.75 Å². The van der Waals surface area contributed by atoms with Gasteiger partial charge in [0.05, 0.1) is 32.1 Å². The summed E-state index contributed by atoms with van der Waals surface area (Å²) in [6, 6.07) is 13.9. The number of hydrogen-bond acceptors (Lipinski definition) is 5. The Bertz CT molecular complexity index is 736. The van der Waals surface area contributed by atoms with E-state index in [0.29, 0.717) is 18.3 Å². The summed E-state index contributed by atoms with van der Waals surface area (Å²) >= 11 is 5.73. The van der Waals surface area contributed by atoms with Crippen LogP contribution >= 0.6 is 12.2 Å². The van der Waals surface area contributed by atoms with Crippen LogP contribution in [-0.4, -0.2) is 65.9 Å². The van der Waals surface area contributed by atoms with Gasteiger partial charge in [0.15, 0.2) is 5.11 Å². The Morgan fingerprint density at radius 2 is 2.00 bits per heavy atom. The summed E-state index contributed by atoms with van der Waals surface area (Å²) in [7, 11) is 0. The van der Waals surface area contributed by atoms with Crippen molar-refractivity contribution in [3.63, 3.8) is 0 Å². The minimum absolute atomic E-state index is 0.659. The number of anilines is 1. The summed E-state index contributed by atoms with van der Waals surface area (Å²) in [5.41, 5.74) is 1.97. The maximum absolute atomic E-state index is 5.73. The van der Waals surface area contributed by atoms with Gasteiger partial charge in [0.25, 0.3) is 0 Å². The summed E-state index contributed by atoms with van der Waals surface area (Å²) in [6.07, 6.45) is 2.86. The molecular formula is C22H30N4O2S. The second kappa shape index (κ2) is 11.7. The molecule has 6 nitrogen and oxygen atoms in total. The van der Waals surface area contributed by atoms with Gasteiger partial charge in [-0.3, -0.25) is 9.88 Å². The highest BCUT2D eigenvalue weighted by Gasteiger charge is 2.14. The Labute approximate surface area is 178 Å². The first-order chi connectivity index (χ1) is 14.2. The van der Waals surface area contributed by atoms with Crippen LogP contribution in [0.2, 0.25) is 0 Å². The van der Waals surface area contributed by atoms with E-state index in [4.69, 9.17) is 21.7 Å². The molecule has 1 aromatic carbocycles. The first kappa shape index (κ1) is 21.5. The maximum atomic E-state index is 5.73. The first-order valence-corrected chi connectivity index (χ1v) is 10.6. The Morgan fingerprint density at radius 1 is 1.21 bits per heavy atom. The van der Waals surface area contributed by atoms with Gasteiger partial charge in [-0.05, 0) is 62.0 Å². The highest BCUT2D eigenvalue weighted by atomic mass is 32.1. The lowest BCUT2D eigenvalue weighted by Crippen LogP contribution is -2.40. The molecule has 0 saturated carbocycles. The van der Waals surface area contributed by atoms with Gasteiger partial charge >= 0.3 is 0 Å². The van der Waals surface area contributed by atoms with E-state index < -0.39 is 0 Å². The molecule has 0 radical (unpaired) electrons. The second-order valence-electron chi connectivity index (χ2n) is 6.94. The van der Waals surface area contributed by atoms with Crippen molar-refractivity contribution in [3.05, 3.63) is 54.4 Å². The summed E-state index contributed by atoms with van der Waals surface area (Å²) in [5.74, 6) is 0.861. The van der Waals surface area contributed by atoms with E-state index in [1.54, 1.807) is 0 Å². The third-order valence-electron chi connectivity index (χ3n) is 4.79. The van der Waals surface area contributed by atoms with Crippen LogP contribution in [0.3, 0.4) is 0 Å². The maximum Gasteiger partial charge on any atom is 0.173 e. The number of pyridine rings is 1. The van der Waals surface area contributed by atoms with Crippen LogP contribution in [0.15, 0.2) is 48.7 Å². The monoisotopic (exact) mass is 414 g/mol. The Hall–Kier alpha value is -2.22. The van der Waals surface area contributed by atoms with Crippen LogP contribution in [0.4, 0.5) is 5.69 Å². The van der Waals surface area contributed by atoms with Crippen LogP contribution in [0.25, 0.3) is 0 Å². The molecule has 0 aliphatic carbocycles. The molecule has 1 fully saturated rings. The van der Waals surface area contributed by atoms with Crippen molar-refractivity contribution in [2.75, 3.05) is 51.3 Å². The predicted octanol–water partition coefficient (Wildman–Crippen LogP) is 3.40. The average Bonchev–Trinajstić information content (AvgIpc) is 2.76. The number of benzene rings is 1. The third-order valence-corrected chi connectivity index (χ3v) is 5.15. The molecule has 156 valence electrons. The second-order valence-corrected chi connectivity index (χ2v) is 7.32. The van der Waals surface area contributed by atoms with Crippen molar-refractivity contribution in [2.45, 2.75) is 19.9 Å². The minimum Gasteiger partial charge on any atom is -0.494 e. The summed E-state index contributed by atoms with van der Waals surface area (Å²) in [6.45, 7) is 8.92. The standard InChI is InChI=1S/C22H30N4O2S/c1-2-28-21-9-7-19(8-10-21)24-22(29)26(18-20-6-3-4-11-23-20)13-5-12-25-14-16-27-17-15-25/h3-4,6-11H,2,5,12-18H2,1H3,(H,24,29). The molecule has 7 heteroatoms. The molecule has 1 aliphatic rings. The zero-order valence-electron chi connectivity index (χ0n) is 17.0. The van der Waals surface area contributed by atoms with E-state index in [1.165, 1.54) is 0 Å². The van der Waals surface area contributed by atoms with E-state index in [1.807, 2.05) is 55.6 Å². The molecule has 0 bridgehead atoms. The van der Waals surface area contributed by atoms with E-state index in [0.717, 1.165) is 62.9 Å². The normalized spacial score (nSPS) is 14.4. The average molecular weight is 415 g/mol. The molecule has 3 rings (SSSR count). The molecule has 0 spiro atoms. The van der Waals surface area contributed by atoms with Crippen molar-refractivity contribution in [3.8, 4) is 5.75 Å². The molecule has 0 atom stereocenters. The fourth-order valence-electron chi connectivity index (χ4n) is 3.25. The minimum atomic E-state index is 0.659. The fraction of sp³-hybridized carbons (Fsp3) is 0.455. The molecule has 1 aliphatic heterocycles. The van der Waals surface area contributed by atoms with Crippen LogP contribution < -0.4 is 10.1 Å². The molecule has 1 saturated heterocycles. The number of nitrogens with zero attached hydrogens (tertiary/aromatic N) is 3. The number of aromatic nitrogens is 1. The lowest BCUT2D eigenvalue weighted by Gasteiger charge is -2.29. The van der Waals surface area contributed by atoms with Crippen molar-refractivity contribution in [1.29, 1.82) is 0 Å². The van der Waals surface area contributed by atoms with Gasteiger partial charge < -0.3 is 19.7 Å². The predicted molar refractivity (Wildman–Crippen MR) is 120 cm³/mol. The van der Waals surface area contributed by atoms with E-state index in [9.17, 15) is 0 Å². The van der Waals surface area contributed by atoms with Gasteiger partial charge in [-0.15, -0.1) is 0 Å². The number of morpholine rings is 1. The molecular weight excluding hydrogens is 384 g/mol. The largest absolute Gasteiger partial charge is 0.494 e. The van der Waals surface area contributed by atoms with Crippen LogP contribution in [0, 0.1) is 0 Å². The Kier molecular flexibility index (Phi) is 8.67. The van der Waals surface area contributed by atoms with Gasteiger partial charge in [0.2, 0.25) is 0 Å². The summed E-state index contributed by atoms with van der Waals surface area (Å²) in [5, 5.41) is 4.07. The van der Waals surface area contributed by atoms with Crippen LogP contribution in [0.5, 0.6) is 5.75 Å². The molecule has 0 amide bonds. The topological polar surface area (TPSA) is 49.9 Å². The van der Waals surface area contributed by atoms with E-state index in [2.05, 4.69) is 20.1 Å². The summed E-state index contributed by atoms with van der Waals surface area (Å²) < 4.78 is 10.9. The van der Waals surface area contributed by atoms with E-state index in [-0.39, 0.29) is 0 Å². The number of hydrogen-bond donors (Lipinski definition) is 1. The lowest BCUT2D eigenvalue weighted by atomic mass is 10.3. The van der Waals surface area contributed by atoms with Gasteiger partial charge in [-0.25, -0.2) is 0 Å². The van der Waals surface area contributed by atoms with Crippen molar-refractivity contribution in [1.82, 2.24) is 14.8 Å². The lowest BCUT2D eigenvalue weighted by molar-refractivity contribution is 0.0367. The van der Waals surface area contributed by atoms with Crippen molar-refractivity contribution >= 4 is 23.0 Å². The van der Waals surface area contributed by atoms with Crippen LogP contribution in [0.1, 0.15) is 19.0 Å². The highest BCUT2D eigenvalue weighted by Crippen LogP contribution is 2.17. The van der Waals surface area contributed by atoms with Crippen molar-refractivity contribution in [2.24, 2.45) is 0 Å². The van der Waals surface area contributed by atoms with Gasteiger partial charge in [0, 0.05) is 38.1 Å². The number of thiocarbonyl (C=S) groups is 1. The Morgan fingerprint density at radius 3 is 2.69 bits per heavy atom. The molecule has 29 heavy (non-hydrogen) atoms. The molecule has 2 heterocycles. The summed E-state index contributed by atoms with van der Waals surface area (Å²) in [4.78, 5) is 9.10. The van der Waals surface area contributed by atoms with Crippen LogP contribution in [-0.2, 0) is 11.3 Å². The first-order valence-electron chi connectivity index (χ1n) is 10.2. The Balaban J connectivity index is 1.58. The number of nitrogens with one attached hydrogen (secondary N) is 1. The molecule has 2 aromatic rings. The zero-order chi connectivity index (χ0) is 20.3. The highest BCUT2D eigenvalue weighted by molar-refractivity contribution is 7.80.